The van der Waals surface area contributed by atoms with Crippen LogP contribution in [0.1, 0.15) is 17.7 Å². The molecule has 150 valence electrons. The number of piperazine rings is 1. The Kier molecular flexibility index (Phi) is 6.52. The number of rotatable bonds is 6. The van der Waals surface area contributed by atoms with Gasteiger partial charge in [0.1, 0.15) is 32.7 Å². The number of hydrogen-bond acceptors (Lipinski definition) is 3. The zero-order chi connectivity index (χ0) is 19.3. The molecular formula is C21H29ClN4OS+2. The van der Waals surface area contributed by atoms with Crippen LogP contribution in [0.4, 0.5) is 11.4 Å². The third-order valence-corrected chi connectivity index (χ3v) is 6.98. The summed E-state index contributed by atoms with van der Waals surface area (Å²) < 4.78 is 0.865. The molecule has 0 bridgehead atoms. The molecule has 2 aliphatic rings. The van der Waals surface area contributed by atoms with Gasteiger partial charge in [0.15, 0.2) is 6.54 Å². The molecule has 2 aliphatic heterocycles. The summed E-state index contributed by atoms with van der Waals surface area (Å²) in [5.41, 5.74) is 2.15. The maximum Gasteiger partial charge on any atom is 0.279 e. The molecule has 7 heteroatoms. The van der Waals surface area contributed by atoms with Gasteiger partial charge in [0.25, 0.3) is 5.91 Å². The Bertz CT molecular complexity index is 780. The Hall–Kier alpha value is -1.60. The normalized spacial score (nSPS) is 22.4. The second-order valence-electron chi connectivity index (χ2n) is 7.85. The lowest BCUT2D eigenvalue weighted by Crippen LogP contribution is -3.28. The molecule has 3 N–H and O–H groups in total. The van der Waals surface area contributed by atoms with Crippen LogP contribution in [-0.2, 0) is 11.3 Å². The number of quaternary nitrogens is 2. The van der Waals surface area contributed by atoms with Crippen molar-refractivity contribution in [2.45, 2.75) is 19.4 Å². The minimum absolute atomic E-state index is 0.109. The van der Waals surface area contributed by atoms with Crippen LogP contribution in [0.2, 0.25) is 4.34 Å². The molecule has 1 amide bonds. The lowest BCUT2D eigenvalue weighted by molar-refractivity contribution is -1.01. The van der Waals surface area contributed by atoms with Crippen molar-refractivity contribution < 1.29 is 14.6 Å². The van der Waals surface area contributed by atoms with Crippen LogP contribution in [0.3, 0.4) is 0 Å². The number of nitrogens with one attached hydrogen (secondary N) is 3. The number of thiophene rings is 1. The molecule has 2 aromatic rings. The van der Waals surface area contributed by atoms with Gasteiger partial charge in [-0.3, -0.25) is 4.79 Å². The molecule has 0 radical (unpaired) electrons. The maximum atomic E-state index is 12.4. The van der Waals surface area contributed by atoms with Gasteiger partial charge in [-0.25, -0.2) is 0 Å². The highest BCUT2D eigenvalue weighted by Gasteiger charge is 2.25. The third-order valence-electron chi connectivity index (χ3n) is 5.75. The first-order valence-corrected chi connectivity index (χ1v) is 11.4. The fourth-order valence-corrected chi connectivity index (χ4v) is 5.33. The Balaban J connectivity index is 1.20. The molecule has 3 heterocycles. The van der Waals surface area contributed by atoms with E-state index in [4.69, 9.17) is 11.6 Å². The van der Waals surface area contributed by atoms with Crippen LogP contribution in [0.15, 0.2) is 36.4 Å². The molecule has 0 saturated carbocycles. The number of halogens is 1. The first-order valence-electron chi connectivity index (χ1n) is 10.2. The van der Waals surface area contributed by atoms with Gasteiger partial charge in [0, 0.05) is 24.5 Å². The summed E-state index contributed by atoms with van der Waals surface area (Å²) in [6.45, 7) is 8.15. The smallest absolute Gasteiger partial charge is 0.279 e. The van der Waals surface area contributed by atoms with Gasteiger partial charge >= 0.3 is 0 Å². The van der Waals surface area contributed by atoms with E-state index in [1.165, 1.54) is 28.3 Å². The number of anilines is 2. The van der Waals surface area contributed by atoms with Crippen molar-refractivity contribution in [1.82, 2.24) is 0 Å². The van der Waals surface area contributed by atoms with E-state index in [0.29, 0.717) is 6.54 Å². The Morgan fingerprint density at radius 3 is 2.32 bits per heavy atom. The van der Waals surface area contributed by atoms with Crippen LogP contribution in [0.25, 0.3) is 0 Å². The number of hydrogen-bond donors (Lipinski definition) is 3. The minimum atomic E-state index is 0.109. The number of amides is 1. The molecule has 5 nitrogen and oxygen atoms in total. The molecule has 4 rings (SSSR count). The summed E-state index contributed by atoms with van der Waals surface area (Å²) in [4.78, 5) is 19.1. The number of carbonyl (C=O) groups excluding carboxylic acids is 1. The van der Waals surface area contributed by atoms with Crippen LogP contribution in [-0.4, -0.2) is 51.7 Å². The van der Waals surface area contributed by atoms with Gasteiger partial charge in [0.2, 0.25) is 0 Å². The van der Waals surface area contributed by atoms with E-state index >= 15 is 0 Å². The molecule has 1 aromatic carbocycles. The predicted octanol–water partition coefficient (Wildman–Crippen LogP) is 0.924. The molecule has 0 atom stereocenters. The summed E-state index contributed by atoms with van der Waals surface area (Å²) >= 11 is 7.70. The van der Waals surface area contributed by atoms with Gasteiger partial charge in [-0.15, -0.1) is 11.3 Å². The SMILES string of the molecule is O=C(C[NH+]1CC[NH+](Cc2ccc(Cl)s2)CC1)Nc1ccc(N2CCCC2)cc1. The molecule has 28 heavy (non-hydrogen) atoms. The summed E-state index contributed by atoms with van der Waals surface area (Å²) in [6, 6.07) is 12.4. The van der Waals surface area contributed by atoms with Crippen molar-refractivity contribution in [3.05, 3.63) is 45.6 Å². The molecule has 0 aliphatic carbocycles. The molecule has 0 unspecified atom stereocenters. The van der Waals surface area contributed by atoms with Crippen molar-refractivity contribution in [3.63, 3.8) is 0 Å². The van der Waals surface area contributed by atoms with Crippen LogP contribution in [0.5, 0.6) is 0 Å². The molecule has 2 fully saturated rings. The van der Waals surface area contributed by atoms with Crippen molar-refractivity contribution in [1.29, 1.82) is 0 Å². The summed E-state index contributed by atoms with van der Waals surface area (Å²) in [5.74, 6) is 0.109. The monoisotopic (exact) mass is 420 g/mol. The van der Waals surface area contributed by atoms with E-state index in [1.807, 2.05) is 18.2 Å². The maximum absolute atomic E-state index is 12.4. The first-order chi connectivity index (χ1) is 13.7. The summed E-state index contributed by atoms with van der Waals surface area (Å²) in [5, 5.41) is 3.06. The van der Waals surface area contributed by atoms with Gasteiger partial charge in [-0.2, -0.15) is 0 Å². The number of benzene rings is 1. The number of carbonyl (C=O) groups is 1. The molecule has 0 spiro atoms. The van der Waals surface area contributed by atoms with Gasteiger partial charge in [-0.05, 0) is 49.2 Å². The summed E-state index contributed by atoms with van der Waals surface area (Å²) in [6.07, 6.45) is 2.55. The van der Waals surface area contributed by atoms with Crippen LogP contribution in [0, 0.1) is 0 Å². The fourth-order valence-electron chi connectivity index (χ4n) is 4.17. The standard InChI is InChI=1S/C21H27ClN4OS/c22-20-8-7-19(28-20)15-24-11-13-25(14-12-24)16-21(27)23-17-3-5-18(6-4-17)26-9-1-2-10-26/h3-8H,1-2,9-16H2,(H,23,27)/p+2. The van der Waals surface area contributed by atoms with E-state index in [1.54, 1.807) is 16.2 Å². The summed E-state index contributed by atoms with van der Waals surface area (Å²) in [7, 11) is 0. The molecular weight excluding hydrogens is 392 g/mol. The lowest BCUT2D eigenvalue weighted by Gasteiger charge is -2.29. The zero-order valence-electron chi connectivity index (χ0n) is 16.2. The average Bonchev–Trinajstić information content (AvgIpc) is 3.36. The molecule has 2 saturated heterocycles. The topological polar surface area (TPSA) is 41.2 Å². The highest BCUT2D eigenvalue weighted by atomic mass is 35.5. The van der Waals surface area contributed by atoms with E-state index < -0.39 is 0 Å². The second kappa shape index (κ2) is 9.27. The van der Waals surface area contributed by atoms with E-state index in [-0.39, 0.29) is 5.91 Å². The Morgan fingerprint density at radius 1 is 1.00 bits per heavy atom. The predicted molar refractivity (Wildman–Crippen MR) is 116 cm³/mol. The quantitative estimate of drug-likeness (QED) is 0.650. The average molecular weight is 421 g/mol. The Labute approximate surface area is 175 Å². The van der Waals surface area contributed by atoms with Gasteiger partial charge in [-0.1, -0.05) is 11.6 Å². The van der Waals surface area contributed by atoms with Crippen LogP contribution >= 0.6 is 22.9 Å². The Morgan fingerprint density at radius 2 is 1.68 bits per heavy atom. The lowest BCUT2D eigenvalue weighted by atomic mass is 10.2. The van der Waals surface area contributed by atoms with E-state index in [0.717, 1.165) is 55.8 Å². The van der Waals surface area contributed by atoms with E-state index in [9.17, 15) is 4.79 Å². The number of nitrogens with zero attached hydrogens (tertiary/aromatic N) is 1. The van der Waals surface area contributed by atoms with Crippen molar-refractivity contribution in [2.75, 3.05) is 56.0 Å². The van der Waals surface area contributed by atoms with Crippen molar-refractivity contribution in [2.24, 2.45) is 0 Å². The van der Waals surface area contributed by atoms with Gasteiger partial charge in [0.05, 0.1) is 9.21 Å². The first kappa shape index (κ1) is 19.7. The zero-order valence-corrected chi connectivity index (χ0v) is 17.7. The van der Waals surface area contributed by atoms with Crippen molar-refractivity contribution in [3.8, 4) is 0 Å². The third kappa shape index (κ3) is 5.26. The largest absolute Gasteiger partial charge is 0.372 e. The minimum Gasteiger partial charge on any atom is -0.372 e. The highest BCUT2D eigenvalue weighted by molar-refractivity contribution is 7.16. The fraction of sp³-hybridized carbons (Fsp3) is 0.476. The van der Waals surface area contributed by atoms with Gasteiger partial charge < -0.3 is 20.0 Å². The highest BCUT2D eigenvalue weighted by Crippen LogP contribution is 2.22. The van der Waals surface area contributed by atoms with Crippen LogP contribution < -0.4 is 20.0 Å². The molecule has 1 aromatic heterocycles. The second-order valence-corrected chi connectivity index (χ2v) is 9.65. The van der Waals surface area contributed by atoms with Crippen molar-refractivity contribution >= 4 is 40.2 Å². The van der Waals surface area contributed by atoms with E-state index in [2.05, 4.69) is 28.4 Å².